The highest BCUT2D eigenvalue weighted by molar-refractivity contribution is 7.92. The predicted molar refractivity (Wildman–Crippen MR) is 85.4 cm³/mol. The van der Waals surface area contributed by atoms with Gasteiger partial charge in [-0.15, -0.1) is 11.3 Å². The van der Waals surface area contributed by atoms with Crippen LogP contribution in [0.15, 0.2) is 6.07 Å². The highest BCUT2D eigenvalue weighted by Crippen LogP contribution is 2.32. The van der Waals surface area contributed by atoms with Crippen molar-refractivity contribution in [1.29, 1.82) is 0 Å². The van der Waals surface area contributed by atoms with Crippen LogP contribution in [0.2, 0.25) is 0 Å². The van der Waals surface area contributed by atoms with Crippen molar-refractivity contribution in [3.63, 3.8) is 0 Å². The van der Waals surface area contributed by atoms with Crippen molar-refractivity contribution in [3.05, 3.63) is 21.4 Å². The predicted octanol–water partition coefficient (Wildman–Crippen LogP) is 1.07. The minimum Gasteiger partial charge on any atom is -0.272 e. The highest BCUT2D eigenvalue weighted by atomic mass is 32.2. The van der Waals surface area contributed by atoms with Gasteiger partial charge < -0.3 is 0 Å². The van der Waals surface area contributed by atoms with E-state index in [1.807, 2.05) is 6.07 Å². The Hall–Kier alpha value is -1.41. The maximum atomic E-state index is 12.1. The van der Waals surface area contributed by atoms with Crippen LogP contribution in [0.25, 0.3) is 0 Å². The maximum absolute atomic E-state index is 12.1. The zero-order valence-corrected chi connectivity index (χ0v) is 14.4. The number of rotatable bonds is 3. The lowest BCUT2D eigenvalue weighted by atomic mass is 9.90. The Balaban J connectivity index is 1.97. The molecule has 1 aliphatic rings. The molecule has 1 heterocycles. The van der Waals surface area contributed by atoms with Gasteiger partial charge >= 0.3 is 0 Å². The molecule has 0 spiro atoms. The number of hydrazine groups is 1. The number of hydrogen-bond acceptors (Lipinski definition) is 5. The average molecular weight is 344 g/mol. The molecule has 0 radical (unpaired) electrons. The van der Waals surface area contributed by atoms with Crippen molar-refractivity contribution < 1.29 is 18.0 Å². The van der Waals surface area contributed by atoms with E-state index in [-0.39, 0.29) is 0 Å². The molecule has 8 heteroatoms. The van der Waals surface area contributed by atoms with Gasteiger partial charge in [0.2, 0.25) is 0 Å². The van der Waals surface area contributed by atoms with Crippen LogP contribution in [-0.2, 0) is 27.5 Å². The Morgan fingerprint density at radius 2 is 2.05 bits per heavy atom. The van der Waals surface area contributed by atoms with Gasteiger partial charge in [-0.05, 0) is 43.7 Å². The highest BCUT2D eigenvalue weighted by Gasteiger charge is 2.25. The van der Waals surface area contributed by atoms with Gasteiger partial charge in [-0.3, -0.25) is 20.4 Å². The molecule has 2 N–H and O–H groups in total. The van der Waals surface area contributed by atoms with E-state index < -0.39 is 26.9 Å². The van der Waals surface area contributed by atoms with Gasteiger partial charge in [-0.1, -0.05) is 6.92 Å². The van der Waals surface area contributed by atoms with Gasteiger partial charge in [0, 0.05) is 11.1 Å². The van der Waals surface area contributed by atoms with Gasteiger partial charge in [-0.25, -0.2) is 8.42 Å². The normalized spacial score (nSPS) is 19.1. The number of thiophene rings is 1. The summed E-state index contributed by atoms with van der Waals surface area (Å²) in [5.41, 5.74) is 5.64. The van der Waals surface area contributed by atoms with E-state index in [1.54, 1.807) is 0 Å². The molecule has 0 aromatic carbocycles. The molecule has 122 valence electrons. The molecule has 0 saturated heterocycles. The molecule has 2 atom stereocenters. The minimum absolute atomic E-state index is 0.416. The van der Waals surface area contributed by atoms with Crippen LogP contribution >= 0.6 is 11.3 Å². The third-order valence-corrected chi connectivity index (χ3v) is 6.60. The molecule has 2 amide bonds. The summed E-state index contributed by atoms with van der Waals surface area (Å²) in [6, 6.07) is 1.86. The average Bonchev–Trinajstić information content (AvgIpc) is 2.85. The summed E-state index contributed by atoms with van der Waals surface area (Å²) in [7, 11) is -3.48. The van der Waals surface area contributed by atoms with Crippen LogP contribution in [0.1, 0.15) is 40.4 Å². The number of nitrogens with one attached hydrogen (secondary N) is 2. The Morgan fingerprint density at radius 1 is 1.36 bits per heavy atom. The molecule has 0 unspecified atom stereocenters. The van der Waals surface area contributed by atoms with Crippen LogP contribution < -0.4 is 10.9 Å². The van der Waals surface area contributed by atoms with Crippen molar-refractivity contribution >= 4 is 33.0 Å². The molecule has 1 aromatic heterocycles. The van der Waals surface area contributed by atoms with Crippen LogP contribution in [-0.4, -0.2) is 31.7 Å². The zero-order valence-electron chi connectivity index (χ0n) is 12.8. The summed E-state index contributed by atoms with van der Waals surface area (Å²) < 4.78 is 22.6. The first kappa shape index (κ1) is 17.0. The van der Waals surface area contributed by atoms with Gasteiger partial charge in [-0.2, -0.15) is 0 Å². The fourth-order valence-electron chi connectivity index (χ4n) is 2.29. The first-order chi connectivity index (χ1) is 10.2. The molecule has 0 bridgehead atoms. The van der Waals surface area contributed by atoms with E-state index in [0.717, 1.165) is 25.5 Å². The van der Waals surface area contributed by atoms with Crippen LogP contribution in [0, 0.1) is 5.92 Å². The lowest BCUT2D eigenvalue weighted by molar-refractivity contribution is -0.121. The van der Waals surface area contributed by atoms with E-state index in [1.165, 1.54) is 28.7 Å². The zero-order chi connectivity index (χ0) is 16.5. The lowest BCUT2D eigenvalue weighted by Crippen LogP contribution is -2.47. The first-order valence-electron chi connectivity index (χ1n) is 7.09. The number of aryl methyl sites for hydroxylation is 1. The number of hydrogen-bond donors (Lipinski definition) is 2. The third-order valence-electron chi connectivity index (χ3n) is 3.86. The maximum Gasteiger partial charge on any atom is 0.279 e. The van der Waals surface area contributed by atoms with E-state index in [0.29, 0.717) is 10.8 Å². The van der Waals surface area contributed by atoms with E-state index in [2.05, 4.69) is 17.8 Å². The Labute approximate surface area is 134 Å². The molecule has 22 heavy (non-hydrogen) atoms. The Bertz CT molecular complexity index is 694. The molecule has 2 rings (SSSR count). The molecular formula is C14H20N2O4S2. The second-order valence-electron chi connectivity index (χ2n) is 5.82. The van der Waals surface area contributed by atoms with Crippen molar-refractivity contribution in [2.75, 3.05) is 6.26 Å². The largest absolute Gasteiger partial charge is 0.279 e. The van der Waals surface area contributed by atoms with Crippen molar-refractivity contribution in [1.82, 2.24) is 10.9 Å². The van der Waals surface area contributed by atoms with Gasteiger partial charge in [0.05, 0.1) is 4.88 Å². The molecule has 0 saturated carbocycles. The molecule has 6 nitrogen and oxygen atoms in total. The van der Waals surface area contributed by atoms with Gasteiger partial charge in [0.25, 0.3) is 11.8 Å². The van der Waals surface area contributed by atoms with Crippen LogP contribution in [0.4, 0.5) is 0 Å². The SMILES string of the molecule is C[C@@H]1CCc2sc(C(=O)NNC(=O)[C@H](C)S(C)(=O)=O)cc2C1. The number of fused-ring (bicyclic) bond motifs is 1. The Kier molecular flexibility index (Phi) is 4.91. The minimum atomic E-state index is -3.48. The number of sulfone groups is 1. The standard InChI is InChI=1S/C14H20N2O4S2/c1-8-4-5-11-10(6-8)7-12(21-11)14(18)16-15-13(17)9(2)22(3,19)20/h7-9H,4-6H2,1-3H3,(H,15,17)(H,16,18)/t8-,9+/m1/s1. The van der Waals surface area contributed by atoms with E-state index in [4.69, 9.17) is 0 Å². The van der Waals surface area contributed by atoms with E-state index >= 15 is 0 Å². The first-order valence-corrected chi connectivity index (χ1v) is 9.86. The van der Waals surface area contributed by atoms with Crippen molar-refractivity contribution in [3.8, 4) is 0 Å². The fraction of sp³-hybridized carbons (Fsp3) is 0.571. The summed E-state index contributed by atoms with van der Waals surface area (Å²) >= 11 is 1.43. The second-order valence-corrected chi connectivity index (χ2v) is 9.33. The molecule has 1 aliphatic carbocycles. The topological polar surface area (TPSA) is 92.3 Å². The number of amides is 2. The van der Waals surface area contributed by atoms with Gasteiger partial charge in [0.15, 0.2) is 9.84 Å². The van der Waals surface area contributed by atoms with Crippen molar-refractivity contribution in [2.45, 2.75) is 38.4 Å². The summed E-state index contributed by atoms with van der Waals surface area (Å²) in [5.74, 6) is -0.541. The molecule has 0 aliphatic heterocycles. The monoisotopic (exact) mass is 344 g/mol. The smallest absolute Gasteiger partial charge is 0.272 e. The summed E-state index contributed by atoms with van der Waals surface area (Å²) in [4.78, 5) is 25.5. The lowest BCUT2D eigenvalue weighted by Gasteiger charge is -2.16. The van der Waals surface area contributed by atoms with Gasteiger partial charge in [0.1, 0.15) is 5.25 Å². The fourth-order valence-corrected chi connectivity index (χ4v) is 3.85. The second kappa shape index (κ2) is 6.37. The van der Waals surface area contributed by atoms with E-state index in [9.17, 15) is 18.0 Å². The summed E-state index contributed by atoms with van der Waals surface area (Å²) in [6.07, 6.45) is 4.05. The molecular weight excluding hydrogens is 324 g/mol. The quantitative estimate of drug-likeness (QED) is 0.802. The molecule has 1 aromatic rings. The van der Waals surface area contributed by atoms with Crippen LogP contribution in [0.5, 0.6) is 0 Å². The summed E-state index contributed by atoms with van der Waals surface area (Å²) in [5, 5.41) is -1.20. The van der Waals surface area contributed by atoms with Crippen LogP contribution in [0.3, 0.4) is 0 Å². The number of carbonyl (C=O) groups excluding carboxylic acids is 2. The number of carbonyl (C=O) groups is 2. The third kappa shape index (κ3) is 3.86. The summed E-state index contributed by atoms with van der Waals surface area (Å²) in [6.45, 7) is 3.47. The van der Waals surface area contributed by atoms with Crippen molar-refractivity contribution in [2.24, 2.45) is 5.92 Å². The Morgan fingerprint density at radius 3 is 2.68 bits per heavy atom. The molecule has 0 fully saturated rings.